The number of H-pyrrole nitrogens is 1. The molecule has 1 rings (SSSR count). The largest absolute Gasteiger partial charge is 0.461 e. The van der Waals surface area contributed by atoms with Crippen LogP contribution in [0.4, 0.5) is 0 Å². The van der Waals surface area contributed by atoms with Crippen molar-refractivity contribution in [2.45, 2.75) is 13.8 Å². The maximum Gasteiger partial charge on any atom is 0.354 e. The average molecular weight is 155 g/mol. The molecule has 1 aromatic heterocycles. The first-order valence-corrected chi connectivity index (χ1v) is 3.56. The van der Waals surface area contributed by atoms with Crippen molar-refractivity contribution in [3.05, 3.63) is 23.5 Å². The lowest BCUT2D eigenvalue weighted by molar-refractivity contribution is 0.0520. The van der Waals surface area contributed by atoms with Crippen LogP contribution < -0.4 is 0 Å². The smallest absolute Gasteiger partial charge is 0.354 e. The second kappa shape index (κ2) is 3.23. The van der Waals surface area contributed by atoms with Crippen LogP contribution in [0.3, 0.4) is 0 Å². The molecule has 0 aliphatic heterocycles. The zero-order chi connectivity index (χ0) is 8.27. The van der Waals surface area contributed by atoms with Crippen molar-refractivity contribution < 1.29 is 11.0 Å². The van der Waals surface area contributed by atoms with E-state index in [0.29, 0.717) is 12.3 Å². The van der Waals surface area contributed by atoms with Crippen molar-refractivity contribution in [1.29, 1.82) is 0 Å². The van der Waals surface area contributed by atoms with Crippen LogP contribution in [0.25, 0.3) is 0 Å². The zero-order valence-corrected chi connectivity index (χ0v) is 6.68. The van der Waals surface area contributed by atoms with Crippen LogP contribution in [0.15, 0.2) is 12.1 Å². The summed E-state index contributed by atoms with van der Waals surface area (Å²) in [7, 11) is 0. The molecular weight excluding hydrogens is 142 g/mol. The Balaban J connectivity index is 0.00000121. The lowest BCUT2D eigenvalue weighted by atomic mass is 10.4. The maximum absolute atomic E-state index is 11.0. The summed E-state index contributed by atoms with van der Waals surface area (Å²) in [4.78, 5) is 13.9. The van der Waals surface area contributed by atoms with E-state index in [1.165, 1.54) is 0 Å². The Hall–Kier alpha value is -1.25. The van der Waals surface area contributed by atoms with Gasteiger partial charge in [-0.2, -0.15) is 0 Å². The van der Waals surface area contributed by atoms with E-state index < -0.39 is 0 Å². The second-order valence-electron chi connectivity index (χ2n) is 2.28. The molecule has 0 radical (unpaired) electrons. The van der Waals surface area contributed by atoms with Crippen LogP contribution in [-0.4, -0.2) is 17.6 Å². The Labute approximate surface area is 66.9 Å². The quantitative estimate of drug-likeness (QED) is 0.661. The number of esters is 1. The highest BCUT2D eigenvalue weighted by molar-refractivity contribution is 5.87. The molecule has 0 saturated carbocycles. The van der Waals surface area contributed by atoms with E-state index in [2.05, 4.69) is 4.98 Å². The van der Waals surface area contributed by atoms with E-state index in [4.69, 9.17) is 4.74 Å². The highest BCUT2D eigenvalue weighted by Gasteiger charge is 2.06. The van der Waals surface area contributed by atoms with E-state index in [-0.39, 0.29) is 7.40 Å². The summed E-state index contributed by atoms with van der Waals surface area (Å²) in [6, 6.07) is 3.56. The summed E-state index contributed by atoms with van der Waals surface area (Å²) < 4.78 is 4.77. The molecule has 0 aromatic carbocycles. The molecule has 0 fully saturated rings. The minimum atomic E-state index is -0.291. The third-order valence-corrected chi connectivity index (χ3v) is 1.33. The molecule has 0 atom stereocenters. The molecule has 3 nitrogen and oxygen atoms in total. The van der Waals surface area contributed by atoms with Crippen molar-refractivity contribution >= 4 is 5.97 Å². The number of carbonyl (C=O) groups is 1. The summed E-state index contributed by atoms with van der Waals surface area (Å²) >= 11 is 0. The molecule has 1 aromatic rings. The van der Waals surface area contributed by atoms with Crippen molar-refractivity contribution in [1.82, 2.24) is 4.98 Å². The Morgan fingerprint density at radius 3 is 2.91 bits per heavy atom. The SMILES string of the molecule is CCOC(=O)c1ccc(C)[nH]1.[HH]. The molecule has 1 N–H and O–H groups in total. The first kappa shape index (κ1) is 7.85. The van der Waals surface area contributed by atoms with Crippen LogP contribution in [0, 0.1) is 6.92 Å². The van der Waals surface area contributed by atoms with Gasteiger partial charge in [0.15, 0.2) is 0 Å². The molecule has 0 spiro atoms. The number of hydrogen-bond donors (Lipinski definition) is 1. The number of nitrogens with one attached hydrogen (secondary N) is 1. The van der Waals surface area contributed by atoms with Crippen molar-refractivity contribution in [2.75, 3.05) is 6.61 Å². The average Bonchev–Trinajstić information content (AvgIpc) is 2.36. The third kappa shape index (κ3) is 1.83. The molecule has 1 heterocycles. The second-order valence-corrected chi connectivity index (χ2v) is 2.28. The zero-order valence-electron chi connectivity index (χ0n) is 6.68. The van der Waals surface area contributed by atoms with Gasteiger partial charge in [-0.05, 0) is 26.0 Å². The van der Waals surface area contributed by atoms with Crippen molar-refractivity contribution in [3.8, 4) is 0 Å². The van der Waals surface area contributed by atoms with Gasteiger partial charge in [0.2, 0.25) is 0 Å². The van der Waals surface area contributed by atoms with Gasteiger partial charge in [0.05, 0.1) is 6.61 Å². The Morgan fingerprint density at radius 1 is 1.73 bits per heavy atom. The summed E-state index contributed by atoms with van der Waals surface area (Å²) in [5.41, 5.74) is 1.48. The summed E-state index contributed by atoms with van der Waals surface area (Å²) in [5, 5.41) is 0. The van der Waals surface area contributed by atoms with Crippen molar-refractivity contribution in [3.63, 3.8) is 0 Å². The molecule has 0 aliphatic carbocycles. The van der Waals surface area contributed by atoms with Crippen LogP contribution in [0.1, 0.15) is 24.5 Å². The molecule has 0 unspecified atom stereocenters. The monoisotopic (exact) mass is 155 g/mol. The first-order chi connectivity index (χ1) is 5.24. The number of aromatic amines is 1. The number of carbonyl (C=O) groups excluding carboxylic acids is 1. The molecule has 3 heteroatoms. The minimum Gasteiger partial charge on any atom is -0.461 e. The third-order valence-electron chi connectivity index (χ3n) is 1.33. The number of aromatic nitrogens is 1. The summed E-state index contributed by atoms with van der Waals surface area (Å²) in [6.07, 6.45) is 0. The normalized spacial score (nSPS) is 9.64. The van der Waals surface area contributed by atoms with Gasteiger partial charge >= 0.3 is 5.97 Å². The topological polar surface area (TPSA) is 42.1 Å². The van der Waals surface area contributed by atoms with Gasteiger partial charge in [-0.1, -0.05) is 0 Å². The Morgan fingerprint density at radius 2 is 2.45 bits per heavy atom. The van der Waals surface area contributed by atoms with Crippen molar-refractivity contribution in [2.24, 2.45) is 0 Å². The molecule has 11 heavy (non-hydrogen) atoms. The van der Waals surface area contributed by atoms with Crippen LogP contribution >= 0.6 is 0 Å². The van der Waals surface area contributed by atoms with Gasteiger partial charge in [0.1, 0.15) is 5.69 Å². The molecule has 0 aliphatic rings. The minimum absolute atomic E-state index is 0. The number of hydrogen-bond acceptors (Lipinski definition) is 2. The molecule has 0 amide bonds. The fraction of sp³-hybridized carbons (Fsp3) is 0.375. The number of rotatable bonds is 2. The fourth-order valence-corrected chi connectivity index (χ4v) is 0.832. The Bertz CT molecular complexity index is 257. The predicted octanol–water partition coefficient (Wildman–Crippen LogP) is 1.75. The fourth-order valence-electron chi connectivity index (χ4n) is 0.832. The number of ether oxygens (including phenoxy) is 1. The highest BCUT2D eigenvalue weighted by Crippen LogP contribution is 2.01. The molecular formula is C8H13NO2. The van der Waals surface area contributed by atoms with Gasteiger partial charge in [0.25, 0.3) is 0 Å². The van der Waals surface area contributed by atoms with Gasteiger partial charge in [-0.25, -0.2) is 4.79 Å². The lowest BCUT2D eigenvalue weighted by Crippen LogP contribution is -2.04. The van der Waals surface area contributed by atoms with E-state index >= 15 is 0 Å². The van der Waals surface area contributed by atoms with Gasteiger partial charge < -0.3 is 9.72 Å². The standard InChI is InChI=1S/C8H11NO2.H2/c1-3-11-8(10)7-5-4-6(2)9-7;/h4-5,9H,3H2,1-2H3;1H. The van der Waals surface area contributed by atoms with E-state index in [0.717, 1.165) is 5.69 Å². The van der Waals surface area contributed by atoms with Crippen LogP contribution in [0.2, 0.25) is 0 Å². The molecule has 0 bridgehead atoms. The highest BCUT2D eigenvalue weighted by atomic mass is 16.5. The van der Waals surface area contributed by atoms with Gasteiger partial charge in [-0.15, -0.1) is 0 Å². The lowest BCUT2D eigenvalue weighted by Gasteiger charge is -1.96. The summed E-state index contributed by atoms with van der Waals surface area (Å²) in [5.74, 6) is -0.291. The molecule has 0 saturated heterocycles. The van der Waals surface area contributed by atoms with E-state index in [9.17, 15) is 4.79 Å². The van der Waals surface area contributed by atoms with Gasteiger partial charge in [0, 0.05) is 7.12 Å². The molecule has 62 valence electrons. The maximum atomic E-state index is 11.0. The van der Waals surface area contributed by atoms with Crippen LogP contribution in [-0.2, 0) is 4.74 Å². The van der Waals surface area contributed by atoms with E-state index in [1.54, 1.807) is 13.0 Å². The van der Waals surface area contributed by atoms with Crippen LogP contribution in [0.5, 0.6) is 0 Å². The van der Waals surface area contributed by atoms with Gasteiger partial charge in [-0.3, -0.25) is 0 Å². The predicted molar refractivity (Wildman–Crippen MR) is 43.6 cm³/mol. The first-order valence-electron chi connectivity index (χ1n) is 3.56. The number of aryl methyl sites for hydroxylation is 1. The Kier molecular flexibility index (Phi) is 2.31. The van der Waals surface area contributed by atoms with E-state index in [1.807, 2.05) is 13.0 Å². The summed E-state index contributed by atoms with van der Waals surface area (Å²) in [6.45, 7) is 4.09.